The molecule has 1 aromatic rings. The third-order valence-corrected chi connectivity index (χ3v) is 2.28. The maximum Gasteiger partial charge on any atom is 0.132 e. The van der Waals surface area contributed by atoms with Gasteiger partial charge in [-0.3, -0.25) is 0 Å². The number of aliphatic hydroxyl groups excluding tert-OH is 2. The molecule has 0 aromatic heterocycles. The highest BCUT2D eigenvalue weighted by Crippen LogP contribution is 2.29. The van der Waals surface area contributed by atoms with Gasteiger partial charge in [-0.05, 0) is 24.1 Å². The van der Waals surface area contributed by atoms with E-state index < -0.39 is 23.8 Å². The summed E-state index contributed by atoms with van der Waals surface area (Å²) in [5.41, 5.74) is 7.68. The minimum absolute atomic E-state index is 0.0239. The number of halogens is 1. The van der Waals surface area contributed by atoms with Crippen molar-refractivity contribution in [1.82, 2.24) is 0 Å². The Morgan fingerprint density at radius 1 is 1.41 bits per heavy atom. The lowest BCUT2D eigenvalue weighted by Crippen LogP contribution is -2.20. The van der Waals surface area contributed by atoms with Crippen LogP contribution in [-0.2, 0) is 0 Å². The van der Waals surface area contributed by atoms with E-state index in [1.807, 2.05) is 0 Å². The predicted octanol–water partition coefficient (Wildman–Crippen LogP) is 1.63. The van der Waals surface area contributed by atoms with Crippen molar-refractivity contribution in [2.75, 3.05) is 6.54 Å². The lowest BCUT2D eigenvalue weighted by Gasteiger charge is -2.18. The molecule has 1 aromatic carbocycles. The summed E-state index contributed by atoms with van der Waals surface area (Å²) >= 11 is 0. The molecular formula is C10H12FN3O3. The van der Waals surface area contributed by atoms with E-state index in [0.29, 0.717) is 0 Å². The standard InChI is InChI=1S/C10H12FN3O3/c11-6-2-1-3-7(15)9(6)10(17)8(16)4-5-13-14-12/h1-3,8,10,15-17H,4-5H2. The van der Waals surface area contributed by atoms with E-state index in [0.717, 1.165) is 6.07 Å². The fourth-order valence-corrected chi connectivity index (χ4v) is 1.40. The number of hydrogen-bond donors (Lipinski definition) is 3. The summed E-state index contributed by atoms with van der Waals surface area (Å²) in [5.74, 6) is -1.24. The molecule has 0 amide bonds. The van der Waals surface area contributed by atoms with Gasteiger partial charge in [0.05, 0.1) is 11.7 Å². The summed E-state index contributed by atoms with van der Waals surface area (Å²) in [4.78, 5) is 2.48. The number of hydrogen-bond acceptors (Lipinski definition) is 4. The summed E-state index contributed by atoms with van der Waals surface area (Å²) in [5, 5.41) is 31.8. The van der Waals surface area contributed by atoms with Crippen molar-refractivity contribution in [2.24, 2.45) is 5.11 Å². The van der Waals surface area contributed by atoms with Crippen LogP contribution in [0.4, 0.5) is 4.39 Å². The van der Waals surface area contributed by atoms with Crippen molar-refractivity contribution >= 4 is 0 Å². The Bertz CT molecular complexity index is 415. The van der Waals surface area contributed by atoms with Crippen LogP contribution in [0.15, 0.2) is 23.3 Å². The molecule has 2 atom stereocenters. The first-order valence-corrected chi connectivity index (χ1v) is 4.92. The van der Waals surface area contributed by atoms with Gasteiger partial charge in [0, 0.05) is 11.5 Å². The lowest BCUT2D eigenvalue weighted by atomic mass is 10.0. The maximum absolute atomic E-state index is 13.3. The number of phenolic OH excluding ortho intramolecular Hbond substituents is 1. The van der Waals surface area contributed by atoms with E-state index in [1.54, 1.807) is 0 Å². The quantitative estimate of drug-likeness (QED) is 0.414. The molecule has 0 fully saturated rings. The van der Waals surface area contributed by atoms with Gasteiger partial charge >= 0.3 is 0 Å². The van der Waals surface area contributed by atoms with Crippen LogP contribution in [-0.4, -0.2) is 28.0 Å². The summed E-state index contributed by atoms with van der Waals surface area (Å²) in [6.45, 7) is -0.0239. The Labute approximate surface area is 96.6 Å². The molecule has 0 spiro atoms. The summed E-state index contributed by atoms with van der Waals surface area (Å²) in [6, 6.07) is 3.56. The second kappa shape index (κ2) is 6.05. The number of benzene rings is 1. The summed E-state index contributed by atoms with van der Waals surface area (Å²) < 4.78 is 13.3. The number of nitrogens with zero attached hydrogens (tertiary/aromatic N) is 3. The monoisotopic (exact) mass is 241 g/mol. The minimum atomic E-state index is -1.56. The zero-order chi connectivity index (χ0) is 12.8. The van der Waals surface area contributed by atoms with Crippen LogP contribution in [0.25, 0.3) is 10.4 Å². The van der Waals surface area contributed by atoms with Crippen molar-refractivity contribution in [1.29, 1.82) is 0 Å². The first-order chi connectivity index (χ1) is 8.07. The van der Waals surface area contributed by atoms with Crippen LogP contribution in [0.5, 0.6) is 5.75 Å². The molecule has 7 heteroatoms. The van der Waals surface area contributed by atoms with Crippen LogP contribution in [0.2, 0.25) is 0 Å². The third-order valence-electron chi connectivity index (χ3n) is 2.28. The molecule has 6 nitrogen and oxygen atoms in total. The molecule has 0 heterocycles. The molecule has 0 aliphatic heterocycles. The Kier molecular flexibility index (Phi) is 4.71. The van der Waals surface area contributed by atoms with Crippen molar-refractivity contribution in [3.05, 3.63) is 40.0 Å². The molecule has 17 heavy (non-hydrogen) atoms. The number of phenols is 1. The highest BCUT2D eigenvalue weighted by Gasteiger charge is 2.24. The second-order valence-corrected chi connectivity index (χ2v) is 3.43. The van der Waals surface area contributed by atoms with Crippen molar-refractivity contribution in [3.8, 4) is 5.75 Å². The lowest BCUT2D eigenvalue weighted by molar-refractivity contribution is 0.0116. The molecule has 2 unspecified atom stereocenters. The Morgan fingerprint density at radius 3 is 2.71 bits per heavy atom. The fraction of sp³-hybridized carbons (Fsp3) is 0.400. The van der Waals surface area contributed by atoms with E-state index >= 15 is 0 Å². The first-order valence-electron chi connectivity index (χ1n) is 4.92. The molecule has 0 saturated carbocycles. The second-order valence-electron chi connectivity index (χ2n) is 3.43. The van der Waals surface area contributed by atoms with E-state index in [9.17, 15) is 19.7 Å². The van der Waals surface area contributed by atoms with Gasteiger partial charge in [-0.2, -0.15) is 0 Å². The average molecular weight is 241 g/mol. The number of aliphatic hydroxyl groups is 2. The molecule has 0 aliphatic carbocycles. The molecular weight excluding hydrogens is 229 g/mol. The topological polar surface area (TPSA) is 109 Å². The smallest absolute Gasteiger partial charge is 0.132 e. The highest BCUT2D eigenvalue weighted by molar-refractivity contribution is 5.35. The van der Waals surface area contributed by atoms with Gasteiger partial charge in [-0.15, -0.1) is 0 Å². The van der Waals surface area contributed by atoms with E-state index in [4.69, 9.17) is 5.53 Å². The molecule has 0 bridgehead atoms. The van der Waals surface area contributed by atoms with E-state index in [2.05, 4.69) is 10.0 Å². The van der Waals surface area contributed by atoms with Gasteiger partial charge in [0.15, 0.2) is 0 Å². The summed E-state index contributed by atoms with van der Waals surface area (Å²) in [6.07, 6.45) is -2.91. The SMILES string of the molecule is [N-]=[N+]=NCCC(O)C(O)c1c(O)cccc1F. The third kappa shape index (κ3) is 3.32. The van der Waals surface area contributed by atoms with Gasteiger partial charge in [0.1, 0.15) is 17.7 Å². The van der Waals surface area contributed by atoms with E-state index in [1.165, 1.54) is 12.1 Å². The van der Waals surface area contributed by atoms with Crippen LogP contribution in [0.3, 0.4) is 0 Å². The van der Waals surface area contributed by atoms with E-state index in [-0.39, 0.29) is 18.5 Å². The fourth-order valence-electron chi connectivity index (χ4n) is 1.40. The molecule has 92 valence electrons. The normalized spacial score (nSPS) is 13.8. The van der Waals surface area contributed by atoms with Crippen LogP contribution in [0.1, 0.15) is 18.1 Å². The van der Waals surface area contributed by atoms with Gasteiger partial charge in [-0.1, -0.05) is 11.2 Å². The summed E-state index contributed by atoms with van der Waals surface area (Å²) in [7, 11) is 0. The van der Waals surface area contributed by atoms with Gasteiger partial charge in [0.25, 0.3) is 0 Å². The van der Waals surface area contributed by atoms with Crippen molar-refractivity contribution < 1.29 is 19.7 Å². The number of aromatic hydroxyl groups is 1. The maximum atomic E-state index is 13.3. The minimum Gasteiger partial charge on any atom is -0.507 e. The predicted molar refractivity (Wildman–Crippen MR) is 57.7 cm³/mol. The Morgan fingerprint density at radius 2 is 2.12 bits per heavy atom. The number of rotatable bonds is 5. The molecule has 3 N–H and O–H groups in total. The van der Waals surface area contributed by atoms with Gasteiger partial charge in [0.2, 0.25) is 0 Å². The molecule has 0 radical (unpaired) electrons. The highest BCUT2D eigenvalue weighted by atomic mass is 19.1. The van der Waals surface area contributed by atoms with Crippen LogP contribution < -0.4 is 0 Å². The van der Waals surface area contributed by atoms with Crippen molar-refractivity contribution in [2.45, 2.75) is 18.6 Å². The molecule has 0 saturated heterocycles. The molecule has 0 aliphatic rings. The Hall–Kier alpha value is -1.82. The molecule has 1 rings (SSSR count). The van der Waals surface area contributed by atoms with Crippen LogP contribution >= 0.6 is 0 Å². The Balaban J connectivity index is 2.81. The zero-order valence-electron chi connectivity index (χ0n) is 8.86. The van der Waals surface area contributed by atoms with Gasteiger partial charge < -0.3 is 15.3 Å². The first kappa shape index (κ1) is 13.2. The zero-order valence-corrected chi connectivity index (χ0v) is 8.86. The van der Waals surface area contributed by atoms with Crippen LogP contribution in [0, 0.1) is 5.82 Å². The van der Waals surface area contributed by atoms with Crippen molar-refractivity contribution in [3.63, 3.8) is 0 Å². The largest absolute Gasteiger partial charge is 0.507 e. The average Bonchev–Trinajstić information content (AvgIpc) is 2.28. The number of azide groups is 1. The van der Waals surface area contributed by atoms with Gasteiger partial charge in [-0.25, -0.2) is 4.39 Å².